The van der Waals surface area contributed by atoms with E-state index < -0.39 is 5.41 Å². The van der Waals surface area contributed by atoms with Crippen LogP contribution in [0.1, 0.15) is 13.3 Å². The predicted molar refractivity (Wildman–Crippen MR) is 68.3 cm³/mol. The summed E-state index contributed by atoms with van der Waals surface area (Å²) < 4.78 is 0. The van der Waals surface area contributed by atoms with Crippen LogP contribution < -0.4 is 10.6 Å². The molecule has 0 aromatic rings. The lowest BCUT2D eigenvalue weighted by molar-refractivity contribution is -0.131. The maximum Gasteiger partial charge on any atom is 0.288 e. The lowest BCUT2D eigenvalue weighted by Gasteiger charge is -2.21. The standard InChI is InChI=1S/C11H15N3O4S/c1-11(4-7(15)13-6-11)9(17)12-2-3-14-8(16)5-19-10(14)18/h2-6H2,1H3,(H,12,17)(H,13,15). The Labute approximate surface area is 114 Å². The molecule has 2 rings (SSSR count). The van der Waals surface area contributed by atoms with E-state index in [0.29, 0.717) is 6.54 Å². The van der Waals surface area contributed by atoms with Crippen molar-refractivity contribution in [1.82, 2.24) is 15.5 Å². The average Bonchev–Trinajstić information content (AvgIpc) is 2.86. The molecule has 2 heterocycles. The van der Waals surface area contributed by atoms with Gasteiger partial charge < -0.3 is 10.6 Å². The van der Waals surface area contributed by atoms with Gasteiger partial charge in [0.1, 0.15) is 0 Å². The Balaban J connectivity index is 1.80. The van der Waals surface area contributed by atoms with Crippen LogP contribution in [0.5, 0.6) is 0 Å². The highest BCUT2D eigenvalue weighted by atomic mass is 32.2. The van der Waals surface area contributed by atoms with E-state index in [9.17, 15) is 19.2 Å². The molecule has 0 aromatic carbocycles. The van der Waals surface area contributed by atoms with Gasteiger partial charge in [-0.25, -0.2) is 0 Å². The molecule has 7 nitrogen and oxygen atoms in total. The number of nitrogens with one attached hydrogen (secondary N) is 2. The Morgan fingerprint density at radius 3 is 2.74 bits per heavy atom. The van der Waals surface area contributed by atoms with E-state index in [0.717, 1.165) is 16.7 Å². The molecule has 0 spiro atoms. The second kappa shape index (κ2) is 5.20. The quantitative estimate of drug-likeness (QED) is 0.714. The van der Waals surface area contributed by atoms with Crippen molar-refractivity contribution in [3.8, 4) is 0 Å². The smallest absolute Gasteiger partial charge is 0.288 e. The van der Waals surface area contributed by atoms with Crippen LogP contribution in [-0.4, -0.2) is 53.2 Å². The largest absolute Gasteiger partial charge is 0.355 e. The summed E-state index contributed by atoms with van der Waals surface area (Å²) in [4.78, 5) is 46.9. The molecular weight excluding hydrogens is 270 g/mol. The van der Waals surface area contributed by atoms with Gasteiger partial charge in [0, 0.05) is 26.1 Å². The van der Waals surface area contributed by atoms with Crippen molar-refractivity contribution < 1.29 is 19.2 Å². The maximum atomic E-state index is 12.0. The summed E-state index contributed by atoms with van der Waals surface area (Å²) >= 11 is 0.967. The Kier molecular flexibility index (Phi) is 3.79. The van der Waals surface area contributed by atoms with Crippen LogP contribution in [0, 0.1) is 5.41 Å². The Morgan fingerprint density at radius 2 is 2.21 bits per heavy atom. The molecule has 2 aliphatic rings. The van der Waals surface area contributed by atoms with Crippen molar-refractivity contribution in [2.24, 2.45) is 5.41 Å². The first-order valence-corrected chi connectivity index (χ1v) is 6.93. The molecule has 0 saturated carbocycles. The highest BCUT2D eigenvalue weighted by molar-refractivity contribution is 8.14. The van der Waals surface area contributed by atoms with Crippen molar-refractivity contribution in [3.05, 3.63) is 0 Å². The molecule has 4 amide bonds. The van der Waals surface area contributed by atoms with E-state index >= 15 is 0 Å². The third-order valence-corrected chi connectivity index (χ3v) is 4.09. The zero-order valence-electron chi connectivity index (χ0n) is 10.5. The van der Waals surface area contributed by atoms with Gasteiger partial charge in [-0.2, -0.15) is 0 Å². The molecule has 2 aliphatic heterocycles. The van der Waals surface area contributed by atoms with Gasteiger partial charge in [0.2, 0.25) is 17.7 Å². The predicted octanol–water partition coefficient (Wildman–Crippen LogP) is -0.676. The monoisotopic (exact) mass is 285 g/mol. The number of imide groups is 1. The number of hydrogen-bond acceptors (Lipinski definition) is 5. The first kappa shape index (κ1) is 13.9. The van der Waals surface area contributed by atoms with Crippen molar-refractivity contribution in [1.29, 1.82) is 0 Å². The number of amides is 4. The molecule has 2 saturated heterocycles. The Morgan fingerprint density at radius 1 is 1.47 bits per heavy atom. The minimum Gasteiger partial charge on any atom is -0.355 e. The van der Waals surface area contributed by atoms with Crippen molar-refractivity contribution in [2.75, 3.05) is 25.4 Å². The van der Waals surface area contributed by atoms with Crippen molar-refractivity contribution in [2.45, 2.75) is 13.3 Å². The van der Waals surface area contributed by atoms with Crippen molar-refractivity contribution >= 4 is 34.7 Å². The third kappa shape index (κ3) is 2.89. The summed E-state index contributed by atoms with van der Waals surface area (Å²) in [7, 11) is 0. The minimum atomic E-state index is -0.745. The summed E-state index contributed by atoms with van der Waals surface area (Å²) in [6, 6.07) is 0. The summed E-state index contributed by atoms with van der Waals surface area (Å²) in [6.07, 6.45) is 0.163. The van der Waals surface area contributed by atoms with E-state index in [1.807, 2.05) is 0 Å². The van der Waals surface area contributed by atoms with Crippen LogP contribution in [0.2, 0.25) is 0 Å². The van der Waals surface area contributed by atoms with E-state index in [4.69, 9.17) is 0 Å². The number of carbonyl (C=O) groups excluding carboxylic acids is 4. The van der Waals surface area contributed by atoms with Gasteiger partial charge in [-0.1, -0.05) is 11.8 Å². The second-order valence-electron chi connectivity index (χ2n) is 4.87. The number of thioether (sulfide) groups is 1. The second-order valence-corrected chi connectivity index (χ2v) is 5.80. The molecule has 1 unspecified atom stereocenters. The van der Waals surface area contributed by atoms with Gasteiger partial charge in [-0.15, -0.1) is 0 Å². The fraction of sp³-hybridized carbons (Fsp3) is 0.636. The maximum absolute atomic E-state index is 12.0. The molecule has 2 N–H and O–H groups in total. The van der Waals surface area contributed by atoms with E-state index in [1.54, 1.807) is 6.92 Å². The normalized spacial score (nSPS) is 26.8. The molecule has 0 bridgehead atoms. The molecular formula is C11H15N3O4S. The van der Waals surface area contributed by atoms with Crippen LogP contribution in [0.4, 0.5) is 4.79 Å². The number of nitrogens with zero attached hydrogens (tertiary/aromatic N) is 1. The molecule has 0 aliphatic carbocycles. The summed E-state index contributed by atoms with van der Waals surface area (Å²) in [5.41, 5.74) is -0.745. The fourth-order valence-electron chi connectivity index (χ4n) is 2.03. The molecule has 104 valence electrons. The highest BCUT2D eigenvalue weighted by Crippen LogP contribution is 2.25. The van der Waals surface area contributed by atoms with E-state index in [1.165, 1.54) is 0 Å². The molecule has 0 radical (unpaired) electrons. The first-order chi connectivity index (χ1) is 8.92. The van der Waals surface area contributed by atoms with Crippen LogP contribution in [0.15, 0.2) is 0 Å². The minimum absolute atomic E-state index is 0.140. The van der Waals surface area contributed by atoms with Crippen LogP contribution in [0.25, 0.3) is 0 Å². The molecule has 1 atom stereocenters. The SMILES string of the molecule is CC1(C(=O)NCCN2C(=O)CSC2=O)CNC(=O)C1. The highest BCUT2D eigenvalue weighted by Gasteiger charge is 2.40. The van der Waals surface area contributed by atoms with E-state index in [2.05, 4.69) is 10.6 Å². The first-order valence-electron chi connectivity index (χ1n) is 5.94. The molecule has 2 fully saturated rings. The number of rotatable bonds is 4. The zero-order valence-corrected chi connectivity index (χ0v) is 11.3. The molecule has 0 aromatic heterocycles. The van der Waals surface area contributed by atoms with Crippen LogP contribution in [-0.2, 0) is 14.4 Å². The Bertz CT molecular complexity index is 437. The van der Waals surface area contributed by atoms with E-state index in [-0.39, 0.29) is 48.2 Å². The van der Waals surface area contributed by atoms with Gasteiger partial charge >= 0.3 is 0 Å². The molecule has 8 heteroatoms. The van der Waals surface area contributed by atoms with Gasteiger partial charge in [-0.05, 0) is 6.92 Å². The summed E-state index contributed by atoms with van der Waals surface area (Å²) in [5, 5.41) is 5.01. The fourth-order valence-corrected chi connectivity index (χ4v) is 2.78. The van der Waals surface area contributed by atoms with Gasteiger partial charge in [0.05, 0.1) is 11.2 Å². The van der Waals surface area contributed by atoms with Crippen LogP contribution in [0.3, 0.4) is 0 Å². The number of hydrogen-bond donors (Lipinski definition) is 2. The van der Waals surface area contributed by atoms with Gasteiger partial charge in [0.25, 0.3) is 5.24 Å². The van der Waals surface area contributed by atoms with Gasteiger partial charge in [0.15, 0.2) is 0 Å². The summed E-state index contributed by atoms with van der Waals surface area (Å²) in [6.45, 7) is 2.41. The van der Waals surface area contributed by atoms with Crippen LogP contribution >= 0.6 is 11.8 Å². The summed E-state index contributed by atoms with van der Waals surface area (Å²) in [5.74, 6) is -0.437. The lowest BCUT2D eigenvalue weighted by Crippen LogP contribution is -2.44. The zero-order chi connectivity index (χ0) is 14.0. The lowest BCUT2D eigenvalue weighted by atomic mass is 9.88. The topological polar surface area (TPSA) is 95.6 Å². The van der Waals surface area contributed by atoms with Crippen molar-refractivity contribution in [3.63, 3.8) is 0 Å². The average molecular weight is 285 g/mol. The third-order valence-electron chi connectivity index (χ3n) is 3.24. The Hall–Kier alpha value is -1.57. The number of carbonyl (C=O) groups is 4. The molecule has 19 heavy (non-hydrogen) atoms. The van der Waals surface area contributed by atoms with Gasteiger partial charge in [-0.3, -0.25) is 24.1 Å².